The maximum absolute atomic E-state index is 13.4. The lowest BCUT2D eigenvalue weighted by atomic mass is 9.94. The summed E-state index contributed by atoms with van der Waals surface area (Å²) in [7, 11) is 4.73. The predicted molar refractivity (Wildman–Crippen MR) is 191 cm³/mol. The lowest BCUT2D eigenvalue weighted by Crippen LogP contribution is -2.59. The lowest BCUT2D eigenvalue weighted by molar-refractivity contribution is -0.310. The van der Waals surface area contributed by atoms with Crippen LogP contribution in [-0.4, -0.2) is 90.9 Å². The zero-order chi connectivity index (χ0) is 36.1. The van der Waals surface area contributed by atoms with Gasteiger partial charge in [0, 0.05) is 44.3 Å². The second-order valence-corrected chi connectivity index (χ2v) is 14.0. The van der Waals surface area contributed by atoms with Crippen molar-refractivity contribution >= 4 is 23.2 Å². The van der Waals surface area contributed by atoms with Crippen LogP contribution in [0.15, 0.2) is 58.7 Å². The monoisotopic (exact) mass is 689 g/mol. The van der Waals surface area contributed by atoms with Crippen LogP contribution >= 0.6 is 11.3 Å². The number of carbonyl (C=O) groups is 2. The van der Waals surface area contributed by atoms with Crippen molar-refractivity contribution < 1.29 is 33.6 Å². The first-order valence-electron chi connectivity index (χ1n) is 16.9. The van der Waals surface area contributed by atoms with Gasteiger partial charge in [-0.3, -0.25) is 9.59 Å². The molecule has 0 saturated carbocycles. The van der Waals surface area contributed by atoms with Crippen molar-refractivity contribution in [2.45, 2.75) is 124 Å². The fraction of sp³-hybridized carbons (Fsp3) is 0.649. The topological polar surface area (TPSA) is 119 Å². The highest BCUT2D eigenvalue weighted by atomic mass is 32.1. The van der Waals surface area contributed by atoms with Gasteiger partial charge in [0.25, 0.3) is 0 Å². The molecule has 0 aliphatic carbocycles. The summed E-state index contributed by atoms with van der Waals surface area (Å²) in [6.45, 7) is 17.6. The van der Waals surface area contributed by atoms with Gasteiger partial charge in [-0.05, 0) is 53.4 Å². The molecule has 1 aromatic rings. The van der Waals surface area contributed by atoms with Crippen LogP contribution < -0.4 is 5.32 Å². The molecule has 0 unspecified atom stereocenters. The van der Waals surface area contributed by atoms with Crippen LogP contribution in [0.4, 0.5) is 0 Å². The van der Waals surface area contributed by atoms with Crippen molar-refractivity contribution in [2.75, 3.05) is 21.3 Å². The Labute approximate surface area is 292 Å². The molecular weight excluding hydrogens is 630 g/mol. The normalized spacial score (nSPS) is 25.2. The zero-order valence-electron chi connectivity index (χ0n) is 30.9. The number of rotatable bonds is 17. The lowest BCUT2D eigenvalue weighted by Gasteiger charge is -2.43. The highest BCUT2D eigenvalue weighted by Crippen LogP contribution is 2.30. The number of nitrogens with zero attached hydrogens (tertiary/aromatic N) is 2. The first-order chi connectivity index (χ1) is 22.7. The molecule has 1 saturated heterocycles. The summed E-state index contributed by atoms with van der Waals surface area (Å²) in [6, 6.07) is -0.882. The van der Waals surface area contributed by atoms with E-state index in [0.29, 0.717) is 11.5 Å². The highest BCUT2D eigenvalue weighted by Gasteiger charge is 2.46. The van der Waals surface area contributed by atoms with E-state index < -0.39 is 42.9 Å². The van der Waals surface area contributed by atoms with E-state index in [4.69, 9.17) is 18.9 Å². The number of nitrogens with one attached hydrogen (secondary N) is 1. The van der Waals surface area contributed by atoms with Crippen LogP contribution in [0.3, 0.4) is 0 Å². The maximum atomic E-state index is 13.4. The second-order valence-electron chi connectivity index (χ2n) is 13.1. The van der Waals surface area contributed by atoms with Gasteiger partial charge in [0.15, 0.2) is 6.29 Å². The first-order valence-corrected chi connectivity index (χ1v) is 17.8. The summed E-state index contributed by atoms with van der Waals surface area (Å²) >= 11 is 1.51. The number of methoxy groups -OCH3 is 2. The number of likely N-dealkylation sites (N-methyl/N-ethyl adjacent to an activating group) is 1. The van der Waals surface area contributed by atoms with Crippen molar-refractivity contribution in [2.24, 2.45) is 11.8 Å². The third-order valence-electron chi connectivity index (χ3n) is 8.87. The molecule has 2 heterocycles. The number of hydrogen-bond donors (Lipinski definition) is 2. The molecule has 0 radical (unpaired) electrons. The molecule has 1 aromatic heterocycles. The number of carbonyl (C=O) groups excluding carboxylic acids is 2. The third kappa shape index (κ3) is 11.7. The Bertz CT molecular complexity index is 1280. The molecule has 2 rings (SSSR count). The molecule has 0 bridgehead atoms. The van der Waals surface area contributed by atoms with Crippen molar-refractivity contribution in [3.8, 4) is 0 Å². The van der Waals surface area contributed by atoms with E-state index in [1.165, 1.54) is 23.3 Å². The molecule has 10 nitrogen and oxygen atoms in total. The fourth-order valence-electron chi connectivity index (χ4n) is 5.50. The summed E-state index contributed by atoms with van der Waals surface area (Å²) in [5, 5.41) is 16.5. The summed E-state index contributed by atoms with van der Waals surface area (Å²) in [6.07, 6.45) is 9.43. The molecule has 2 amide bonds. The van der Waals surface area contributed by atoms with Gasteiger partial charge in [-0.15, -0.1) is 11.3 Å². The number of hydrogen-bond acceptors (Lipinski definition) is 9. The van der Waals surface area contributed by atoms with Crippen molar-refractivity contribution in [3.63, 3.8) is 0 Å². The number of aliphatic hydroxyl groups is 1. The Morgan fingerprint density at radius 2 is 1.79 bits per heavy atom. The van der Waals surface area contributed by atoms with Crippen LogP contribution in [0.1, 0.15) is 86.2 Å². The molecule has 11 heteroatoms. The Morgan fingerprint density at radius 3 is 2.35 bits per heavy atom. The third-order valence-corrected chi connectivity index (χ3v) is 9.76. The molecule has 0 spiro atoms. The van der Waals surface area contributed by atoms with E-state index in [-0.39, 0.29) is 23.8 Å². The molecule has 1 aliphatic heterocycles. The van der Waals surface area contributed by atoms with Gasteiger partial charge in [0.1, 0.15) is 29.4 Å². The predicted octanol–water partition coefficient (Wildman–Crippen LogP) is 6.16. The molecule has 270 valence electrons. The van der Waals surface area contributed by atoms with Gasteiger partial charge in [0.2, 0.25) is 11.8 Å². The van der Waals surface area contributed by atoms with Crippen LogP contribution in [0.5, 0.6) is 0 Å². The molecule has 2 N–H and O–H groups in total. The van der Waals surface area contributed by atoms with Crippen LogP contribution in [0.2, 0.25) is 0 Å². The number of amides is 2. The van der Waals surface area contributed by atoms with Gasteiger partial charge < -0.3 is 34.3 Å². The molecule has 1 fully saturated rings. The Hall–Kier alpha value is -2.67. The molecule has 0 aromatic carbocycles. The number of allylic oxidation sites excluding steroid dienone is 5. The average Bonchev–Trinajstić information content (AvgIpc) is 3.60. The average molecular weight is 690 g/mol. The van der Waals surface area contributed by atoms with Gasteiger partial charge in [-0.1, -0.05) is 69.2 Å². The number of ether oxygens (including phenoxy) is 4. The summed E-state index contributed by atoms with van der Waals surface area (Å²) < 4.78 is 23.9. The number of aliphatic hydroxyl groups excluding tert-OH is 1. The summed E-state index contributed by atoms with van der Waals surface area (Å²) in [5.74, 6) is -0.223. The van der Waals surface area contributed by atoms with E-state index in [9.17, 15) is 14.7 Å². The molecule has 1 aliphatic rings. The minimum absolute atomic E-state index is 0.120. The van der Waals surface area contributed by atoms with Gasteiger partial charge in [0.05, 0.1) is 18.2 Å². The SMILES string of the molecule is CC/C=C(C)/C=C/[C@@H](O[C@@H]1O[C@@H](C)[C@H](O)[C@@H](OC)[C@H]1OC)[C@H](C)/C(C)=C/C=C(\C)C(=O)N(C)[C@H](C)C(=O)N[C@@H](CC(C)C)c1nccs1. The van der Waals surface area contributed by atoms with Crippen molar-refractivity contribution in [1.29, 1.82) is 0 Å². The maximum Gasteiger partial charge on any atom is 0.249 e. The van der Waals surface area contributed by atoms with Gasteiger partial charge in [-0.25, -0.2) is 4.98 Å². The smallest absolute Gasteiger partial charge is 0.249 e. The molecular formula is C37H59N3O7S. The molecule has 9 atom stereocenters. The Kier molecular flexibility index (Phi) is 17.4. The van der Waals surface area contributed by atoms with E-state index in [1.807, 2.05) is 37.5 Å². The van der Waals surface area contributed by atoms with E-state index in [0.717, 1.165) is 29.0 Å². The quantitative estimate of drug-likeness (QED) is 0.148. The number of aromatic nitrogens is 1. The second kappa shape index (κ2) is 20.1. The van der Waals surface area contributed by atoms with E-state index in [2.05, 4.69) is 44.1 Å². The number of thiazole rings is 1. The summed E-state index contributed by atoms with van der Waals surface area (Å²) in [4.78, 5) is 32.5. The minimum Gasteiger partial charge on any atom is -0.388 e. The Balaban J connectivity index is 2.24. The van der Waals surface area contributed by atoms with Crippen LogP contribution in [0, 0.1) is 11.8 Å². The zero-order valence-corrected chi connectivity index (χ0v) is 31.7. The fourth-order valence-corrected chi connectivity index (χ4v) is 6.20. The van der Waals surface area contributed by atoms with Gasteiger partial charge >= 0.3 is 0 Å². The minimum atomic E-state index is -0.861. The van der Waals surface area contributed by atoms with E-state index in [1.54, 1.807) is 47.2 Å². The summed E-state index contributed by atoms with van der Waals surface area (Å²) in [5.41, 5.74) is 2.58. The van der Waals surface area contributed by atoms with E-state index >= 15 is 0 Å². The highest BCUT2D eigenvalue weighted by molar-refractivity contribution is 7.09. The van der Waals surface area contributed by atoms with Crippen molar-refractivity contribution in [3.05, 3.63) is 63.7 Å². The standard InChI is InChI=1S/C37H59N3O7S/c1-13-14-23(4)15-18-30(47-37-33(45-12)32(44-11)31(41)28(9)46-37)26(7)24(5)16-17-25(6)36(43)40(10)27(8)34(42)39-29(21-22(2)3)35-38-19-20-48-35/h14-20,22,26-33,37,41H,13,21H2,1-12H3,(H,39,42)/b18-15+,23-14+,24-16+,25-17+/t26-,27-,28+,29+,30-,31+,32-,33-,37+/m1/s1. The Morgan fingerprint density at radius 1 is 1.12 bits per heavy atom. The largest absolute Gasteiger partial charge is 0.388 e. The first kappa shape index (κ1) is 41.5. The van der Waals surface area contributed by atoms with Crippen molar-refractivity contribution in [1.82, 2.24) is 15.2 Å². The molecule has 48 heavy (non-hydrogen) atoms. The van der Waals surface area contributed by atoms with Crippen LogP contribution in [0.25, 0.3) is 0 Å². The van der Waals surface area contributed by atoms with Crippen LogP contribution in [-0.2, 0) is 28.5 Å². The van der Waals surface area contributed by atoms with Gasteiger partial charge in [-0.2, -0.15) is 0 Å².